The van der Waals surface area contributed by atoms with Gasteiger partial charge in [-0.3, -0.25) is 9.59 Å². The lowest BCUT2D eigenvalue weighted by molar-refractivity contribution is 0.0510. The summed E-state index contributed by atoms with van der Waals surface area (Å²) in [7, 11) is 1.68. The van der Waals surface area contributed by atoms with Gasteiger partial charge in [0.2, 0.25) is 0 Å². The first kappa shape index (κ1) is 21.1. The van der Waals surface area contributed by atoms with E-state index >= 15 is 0 Å². The second-order valence-electron chi connectivity index (χ2n) is 6.67. The van der Waals surface area contributed by atoms with Crippen LogP contribution >= 0.6 is 12.4 Å². The second-order valence-corrected chi connectivity index (χ2v) is 6.67. The van der Waals surface area contributed by atoms with Gasteiger partial charge >= 0.3 is 0 Å². The molecule has 2 aromatic rings. The van der Waals surface area contributed by atoms with E-state index in [2.05, 4.69) is 15.7 Å². The Balaban J connectivity index is 0.00000261. The Morgan fingerprint density at radius 1 is 1.22 bits per heavy atom. The highest BCUT2D eigenvalue weighted by Gasteiger charge is 2.32. The molecule has 1 saturated heterocycles. The molecule has 27 heavy (non-hydrogen) atoms. The zero-order valence-corrected chi connectivity index (χ0v) is 16.1. The molecule has 1 aromatic carbocycles. The predicted molar refractivity (Wildman–Crippen MR) is 106 cm³/mol. The summed E-state index contributed by atoms with van der Waals surface area (Å²) in [4.78, 5) is 24.7. The monoisotopic (exact) mass is 392 g/mol. The number of hydrogen-bond acceptors (Lipinski definition) is 5. The number of nitrogens with zero attached hydrogens (tertiary/aromatic N) is 2. The van der Waals surface area contributed by atoms with E-state index < -0.39 is 0 Å². The van der Waals surface area contributed by atoms with E-state index in [9.17, 15) is 9.59 Å². The molecule has 1 aromatic heterocycles. The predicted octanol–water partition coefficient (Wildman–Crippen LogP) is 1.40. The summed E-state index contributed by atoms with van der Waals surface area (Å²) in [5, 5.41) is 10.5. The number of halogens is 1. The van der Waals surface area contributed by atoms with Gasteiger partial charge in [0.1, 0.15) is 5.69 Å². The number of hydrogen-bond donors (Lipinski definition) is 2. The van der Waals surface area contributed by atoms with Gasteiger partial charge in [0.05, 0.1) is 12.3 Å². The van der Waals surface area contributed by atoms with Crippen LogP contribution in [-0.2, 0) is 4.74 Å². The van der Waals surface area contributed by atoms with Crippen LogP contribution in [0.4, 0.5) is 0 Å². The van der Waals surface area contributed by atoms with Gasteiger partial charge in [-0.2, -0.15) is 9.78 Å². The molecule has 0 atom stereocenters. The number of amides is 1. The lowest BCUT2D eigenvalue weighted by Gasteiger charge is -2.37. The Morgan fingerprint density at radius 3 is 2.59 bits per heavy atom. The highest BCUT2D eigenvalue weighted by Crippen LogP contribution is 2.28. The summed E-state index contributed by atoms with van der Waals surface area (Å²) < 4.78 is 6.62. The van der Waals surface area contributed by atoms with Gasteiger partial charge in [-0.15, -0.1) is 12.4 Å². The molecule has 2 heterocycles. The van der Waals surface area contributed by atoms with Crippen molar-refractivity contribution in [3.8, 4) is 5.69 Å². The molecule has 1 fully saturated rings. The van der Waals surface area contributed by atoms with E-state index in [0.717, 1.165) is 25.9 Å². The first-order valence-electron chi connectivity index (χ1n) is 8.77. The van der Waals surface area contributed by atoms with Crippen LogP contribution in [0.15, 0.2) is 47.3 Å². The van der Waals surface area contributed by atoms with Crippen LogP contribution in [0.3, 0.4) is 0 Å². The van der Waals surface area contributed by atoms with E-state index in [-0.39, 0.29) is 35.0 Å². The number of aromatic nitrogens is 2. The number of rotatable bonds is 6. The number of methoxy groups -OCH3 is 1. The normalized spacial score (nSPS) is 15.6. The Bertz CT molecular complexity index is 799. The molecule has 1 amide bonds. The van der Waals surface area contributed by atoms with Crippen molar-refractivity contribution in [2.75, 3.05) is 33.4 Å². The van der Waals surface area contributed by atoms with Crippen LogP contribution < -0.4 is 16.2 Å². The van der Waals surface area contributed by atoms with Gasteiger partial charge in [0.25, 0.3) is 11.5 Å². The SMILES string of the molecule is COCC1(CNC(=O)c2ccc(=O)n(-c3ccccc3)n2)CCNCC1.Cl. The van der Waals surface area contributed by atoms with Crippen molar-refractivity contribution in [3.63, 3.8) is 0 Å². The maximum Gasteiger partial charge on any atom is 0.271 e. The fourth-order valence-corrected chi connectivity index (χ4v) is 3.28. The quantitative estimate of drug-likeness (QED) is 0.776. The molecule has 2 N–H and O–H groups in total. The third-order valence-corrected chi connectivity index (χ3v) is 4.77. The third-order valence-electron chi connectivity index (χ3n) is 4.77. The van der Waals surface area contributed by atoms with Gasteiger partial charge in [-0.25, -0.2) is 0 Å². The number of benzene rings is 1. The molecular weight excluding hydrogens is 368 g/mol. The standard InChI is InChI=1S/C19H24N4O3.ClH/c1-26-14-19(9-11-20-12-10-19)13-21-18(25)16-7-8-17(24)23(22-16)15-5-3-2-4-6-15;/h2-8,20H,9-14H2,1H3,(H,21,25);1H. The van der Waals surface area contributed by atoms with Gasteiger partial charge in [0, 0.05) is 25.1 Å². The van der Waals surface area contributed by atoms with Crippen molar-refractivity contribution < 1.29 is 9.53 Å². The minimum absolute atomic E-state index is 0. The summed E-state index contributed by atoms with van der Waals surface area (Å²) in [5.41, 5.74) is 0.502. The molecule has 1 aliphatic heterocycles. The van der Waals surface area contributed by atoms with E-state index in [1.54, 1.807) is 19.2 Å². The average molecular weight is 393 g/mol. The molecule has 0 bridgehead atoms. The van der Waals surface area contributed by atoms with E-state index in [4.69, 9.17) is 4.74 Å². The molecule has 8 heteroatoms. The zero-order chi connectivity index (χ0) is 18.4. The van der Waals surface area contributed by atoms with Crippen molar-refractivity contribution in [3.05, 3.63) is 58.5 Å². The Labute approximate surface area is 164 Å². The number of carbonyl (C=O) groups is 1. The smallest absolute Gasteiger partial charge is 0.271 e. The van der Waals surface area contributed by atoms with E-state index in [0.29, 0.717) is 18.8 Å². The molecule has 0 aliphatic carbocycles. The highest BCUT2D eigenvalue weighted by atomic mass is 35.5. The topological polar surface area (TPSA) is 85.2 Å². The maximum absolute atomic E-state index is 12.6. The third kappa shape index (κ3) is 5.15. The number of carbonyl (C=O) groups excluding carboxylic acids is 1. The maximum atomic E-state index is 12.6. The van der Waals surface area contributed by atoms with Gasteiger partial charge < -0.3 is 15.4 Å². The fourth-order valence-electron chi connectivity index (χ4n) is 3.28. The van der Waals surface area contributed by atoms with Crippen LogP contribution in [0.5, 0.6) is 0 Å². The number of ether oxygens (including phenoxy) is 1. The van der Waals surface area contributed by atoms with Crippen LogP contribution in [-0.4, -0.2) is 49.0 Å². The van der Waals surface area contributed by atoms with Crippen molar-refractivity contribution in [2.45, 2.75) is 12.8 Å². The minimum Gasteiger partial charge on any atom is -0.384 e. The molecule has 0 radical (unpaired) electrons. The summed E-state index contributed by atoms with van der Waals surface area (Å²) in [5.74, 6) is -0.288. The van der Waals surface area contributed by atoms with Crippen LogP contribution in [0.2, 0.25) is 0 Å². The molecule has 0 unspecified atom stereocenters. The fraction of sp³-hybridized carbons (Fsp3) is 0.421. The van der Waals surface area contributed by atoms with Gasteiger partial charge in [0.15, 0.2) is 0 Å². The largest absolute Gasteiger partial charge is 0.384 e. The molecule has 7 nitrogen and oxygen atoms in total. The van der Waals surface area contributed by atoms with E-state index in [1.165, 1.54) is 16.8 Å². The Kier molecular flexibility index (Phi) is 7.53. The second kappa shape index (κ2) is 9.64. The average Bonchev–Trinajstić information content (AvgIpc) is 2.68. The lowest BCUT2D eigenvalue weighted by Crippen LogP contribution is -2.47. The minimum atomic E-state index is -0.288. The number of para-hydroxylation sites is 1. The summed E-state index contributed by atoms with van der Waals surface area (Å²) in [6, 6.07) is 11.9. The Hall–Kier alpha value is -2.22. The Morgan fingerprint density at radius 2 is 1.93 bits per heavy atom. The number of piperidine rings is 1. The van der Waals surface area contributed by atoms with Crippen LogP contribution in [0, 0.1) is 5.41 Å². The van der Waals surface area contributed by atoms with E-state index in [1.807, 2.05) is 18.2 Å². The molecule has 146 valence electrons. The van der Waals surface area contributed by atoms with Crippen molar-refractivity contribution in [1.29, 1.82) is 0 Å². The van der Waals surface area contributed by atoms with Crippen LogP contribution in [0.25, 0.3) is 5.69 Å². The molecular formula is C19H25ClN4O3. The molecule has 0 spiro atoms. The summed E-state index contributed by atoms with van der Waals surface area (Å²) in [6.07, 6.45) is 1.89. The van der Waals surface area contributed by atoms with Crippen molar-refractivity contribution in [1.82, 2.24) is 20.4 Å². The molecule has 3 rings (SSSR count). The first-order chi connectivity index (χ1) is 12.6. The van der Waals surface area contributed by atoms with Gasteiger partial charge in [-0.05, 0) is 44.1 Å². The van der Waals surface area contributed by atoms with Gasteiger partial charge in [-0.1, -0.05) is 18.2 Å². The highest BCUT2D eigenvalue weighted by molar-refractivity contribution is 5.92. The van der Waals surface area contributed by atoms with Crippen molar-refractivity contribution in [2.24, 2.45) is 5.41 Å². The van der Waals surface area contributed by atoms with Crippen molar-refractivity contribution >= 4 is 18.3 Å². The lowest BCUT2D eigenvalue weighted by atomic mass is 9.79. The number of nitrogens with one attached hydrogen (secondary N) is 2. The first-order valence-corrected chi connectivity index (χ1v) is 8.77. The molecule has 0 saturated carbocycles. The summed E-state index contributed by atoms with van der Waals surface area (Å²) in [6.45, 7) is 2.95. The molecule has 1 aliphatic rings. The van der Waals surface area contributed by atoms with Crippen LogP contribution in [0.1, 0.15) is 23.3 Å². The zero-order valence-electron chi connectivity index (χ0n) is 15.3. The summed E-state index contributed by atoms with van der Waals surface area (Å²) >= 11 is 0.